The van der Waals surface area contributed by atoms with Crippen molar-refractivity contribution in [2.45, 2.75) is 257 Å². The molecular weight excluding hydrogens is 655 g/mol. The first kappa shape index (κ1) is 51.6. The average Bonchev–Trinajstić information content (AvgIpc) is 3.16. The van der Waals surface area contributed by atoms with E-state index in [0.717, 1.165) is 38.5 Å². The molecule has 1 amide bonds. The van der Waals surface area contributed by atoms with Crippen LogP contribution in [0.4, 0.5) is 0 Å². The molecule has 5 nitrogen and oxygen atoms in total. The van der Waals surface area contributed by atoms with Crippen LogP contribution in [-0.4, -0.2) is 46.1 Å². The Hall–Kier alpha value is -1.43. The minimum Gasteiger partial charge on any atom is -0.394 e. The molecular formula is C48H91NO4. The zero-order chi connectivity index (χ0) is 38.7. The Morgan fingerprint density at radius 3 is 1.15 bits per heavy atom. The van der Waals surface area contributed by atoms with Crippen molar-refractivity contribution in [2.75, 3.05) is 6.61 Å². The molecule has 0 aliphatic carbocycles. The lowest BCUT2D eigenvalue weighted by molar-refractivity contribution is -0.131. The number of nitrogens with one attached hydrogen (secondary N) is 1. The van der Waals surface area contributed by atoms with Crippen molar-refractivity contribution in [3.8, 4) is 0 Å². The first-order valence-electron chi connectivity index (χ1n) is 23.3. The van der Waals surface area contributed by atoms with E-state index < -0.39 is 24.2 Å². The first-order chi connectivity index (χ1) is 26.1. The van der Waals surface area contributed by atoms with Gasteiger partial charge in [-0.05, 0) is 57.8 Å². The summed E-state index contributed by atoms with van der Waals surface area (Å²) in [6, 6.07) is -0.812. The normalized spacial score (nSPS) is 13.8. The van der Waals surface area contributed by atoms with Gasteiger partial charge in [0.1, 0.15) is 6.10 Å². The zero-order valence-electron chi connectivity index (χ0n) is 35.4. The second-order valence-corrected chi connectivity index (χ2v) is 16.0. The van der Waals surface area contributed by atoms with Crippen molar-refractivity contribution < 1.29 is 20.1 Å². The van der Waals surface area contributed by atoms with Gasteiger partial charge in [0.25, 0.3) is 0 Å². The Bertz CT molecular complexity index is 824. The number of carbonyl (C=O) groups excluding carboxylic acids is 1. The molecule has 0 bridgehead atoms. The van der Waals surface area contributed by atoms with E-state index in [9.17, 15) is 20.1 Å². The van der Waals surface area contributed by atoms with Crippen molar-refractivity contribution >= 4 is 5.91 Å². The summed E-state index contributed by atoms with van der Waals surface area (Å²) in [5, 5.41) is 33.0. The highest BCUT2D eigenvalue weighted by Crippen LogP contribution is 2.15. The van der Waals surface area contributed by atoms with E-state index in [2.05, 4.69) is 43.5 Å². The van der Waals surface area contributed by atoms with Crippen molar-refractivity contribution in [1.82, 2.24) is 5.32 Å². The number of rotatable bonds is 42. The second-order valence-electron chi connectivity index (χ2n) is 16.0. The largest absolute Gasteiger partial charge is 0.394 e. The molecule has 53 heavy (non-hydrogen) atoms. The van der Waals surface area contributed by atoms with Crippen LogP contribution in [0.2, 0.25) is 0 Å². The van der Waals surface area contributed by atoms with Gasteiger partial charge in [-0.3, -0.25) is 4.79 Å². The molecule has 0 saturated heterocycles. The predicted octanol–water partition coefficient (Wildman–Crippen LogP) is 13.5. The maximum Gasteiger partial charge on any atom is 0.249 e. The number of unbranched alkanes of at least 4 members (excludes halogenated alkanes) is 30. The summed E-state index contributed by atoms with van der Waals surface area (Å²) < 4.78 is 0. The molecule has 0 radical (unpaired) electrons. The van der Waals surface area contributed by atoms with Crippen LogP contribution >= 0.6 is 0 Å². The van der Waals surface area contributed by atoms with Crippen LogP contribution in [0.5, 0.6) is 0 Å². The van der Waals surface area contributed by atoms with E-state index in [1.54, 1.807) is 6.08 Å². The summed E-state index contributed by atoms with van der Waals surface area (Å²) in [7, 11) is 0. The molecule has 0 saturated carbocycles. The van der Waals surface area contributed by atoms with Gasteiger partial charge >= 0.3 is 0 Å². The van der Waals surface area contributed by atoms with Crippen molar-refractivity contribution in [2.24, 2.45) is 0 Å². The summed E-state index contributed by atoms with van der Waals surface area (Å²) in [4.78, 5) is 12.4. The van der Waals surface area contributed by atoms with Crippen molar-refractivity contribution in [3.05, 3.63) is 36.5 Å². The minimum absolute atomic E-state index is 0.376. The zero-order valence-corrected chi connectivity index (χ0v) is 35.4. The summed E-state index contributed by atoms with van der Waals surface area (Å²) in [6.07, 6.45) is 54.9. The molecule has 0 fully saturated rings. The highest BCUT2D eigenvalue weighted by Gasteiger charge is 2.22. The number of aliphatic hydroxyl groups excluding tert-OH is 3. The highest BCUT2D eigenvalue weighted by molar-refractivity contribution is 5.80. The van der Waals surface area contributed by atoms with Gasteiger partial charge in [-0.1, -0.05) is 217 Å². The van der Waals surface area contributed by atoms with Gasteiger partial charge in [0, 0.05) is 0 Å². The summed E-state index contributed by atoms with van der Waals surface area (Å²) in [5.74, 6) is -0.514. The number of allylic oxidation sites excluding steroid dienone is 5. The van der Waals surface area contributed by atoms with Gasteiger partial charge in [0.2, 0.25) is 5.91 Å². The molecule has 3 atom stereocenters. The van der Waals surface area contributed by atoms with Crippen LogP contribution < -0.4 is 5.32 Å². The van der Waals surface area contributed by atoms with Gasteiger partial charge in [-0.15, -0.1) is 0 Å². The molecule has 0 rings (SSSR count). The van der Waals surface area contributed by atoms with Crippen LogP contribution in [0.3, 0.4) is 0 Å². The Morgan fingerprint density at radius 1 is 0.453 bits per heavy atom. The number of aliphatic hydroxyl groups is 3. The second kappa shape index (κ2) is 43.3. The SMILES string of the molecule is CCCCCCC/C=C/CC/C=C/C(O)C(CO)NC(=O)C(O)CCCCCCCCCCCCCC/C=C\CCCCCCCCCCCCCC. The average molecular weight is 746 g/mol. The monoisotopic (exact) mass is 746 g/mol. The highest BCUT2D eigenvalue weighted by atomic mass is 16.3. The fourth-order valence-corrected chi connectivity index (χ4v) is 7.02. The van der Waals surface area contributed by atoms with Gasteiger partial charge in [0.05, 0.1) is 18.8 Å². The van der Waals surface area contributed by atoms with E-state index in [1.165, 1.54) is 180 Å². The van der Waals surface area contributed by atoms with Crippen LogP contribution in [0.25, 0.3) is 0 Å². The van der Waals surface area contributed by atoms with E-state index in [4.69, 9.17) is 0 Å². The molecule has 312 valence electrons. The molecule has 0 aromatic rings. The third-order valence-electron chi connectivity index (χ3n) is 10.7. The summed E-state index contributed by atoms with van der Waals surface area (Å²) >= 11 is 0. The molecule has 5 heteroatoms. The molecule has 0 spiro atoms. The first-order valence-corrected chi connectivity index (χ1v) is 23.3. The van der Waals surface area contributed by atoms with Crippen molar-refractivity contribution in [3.63, 3.8) is 0 Å². The van der Waals surface area contributed by atoms with E-state index >= 15 is 0 Å². The smallest absolute Gasteiger partial charge is 0.249 e. The van der Waals surface area contributed by atoms with Gasteiger partial charge < -0.3 is 20.6 Å². The number of amides is 1. The Kier molecular flexibility index (Phi) is 42.1. The topological polar surface area (TPSA) is 89.8 Å². The fourth-order valence-electron chi connectivity index (χ4n) is 7.02. The van der Waals surface area contributed by atoms with Gasteiger partial charge in [-0.25, -0.2) is 0 Å². The van der Waals surface area contributed by atoms with Crippen molar-refractivity contribution in [1.29, 1.82) is 0 Å². The Labute approximate surface area is 330 Å². The Morgan fingerprint density at radius 2 is 0.774 bits per heavy atom. The molecule has 4 N–H and O–H groups in total. The lowest BCUT2D eigenvalue weighted by Crippen LogP contribution is -2.48. The van der Waals surface area contributed by atoms with Gasteiger partial charge in [-0.2, -0.15) is 0 Å². The number of hydrogen-bond acceptors (Lipinski definition) is 4. The molecule has 0 aliphatic heterocycles. The standard InChI is InChI=1S/C48H91NO4/c1-3-5-7-9-11-13-15-16-17-18-19-20-21-22-23-24-25-26-27-28-29-30-31-33-35-37-39-41-43-47(52)48(53)49-45(44-50)46(51)42-40-38-36-34-32-14-12-10-8-6-4-2/h22-23,32,34,40,42,45-47,50-52H,3-21,24-31,33,35-39,41,43-44H2,1-2H3,(H,49,53)/b23-22-,34-32+,42-40+. The van der Waals surface area contributed by atoms with Crippen LogP contribution in [0.15, 0.2) is 36.5 Å². The molecule has 3 unspecified atom stereocenters. The molecule has 0 aliphatic rings. The Balaban J connectivity index is 3.57. The van der Waals surface area contributed by atoms with Crippen LogP contribution in [0, 0.1) is 0 Å². The summed E-state index contributed by atoms with van der Waals surface area (Å²) in [6.45, 7) is 4.15. The number of hydrogen-bond donors (Lipinski definition) is 4. The lowest BCUT2D eigenvalue weighted by Gasteiger charge is -2.21. The van der Waals surface area contributed by atoms with E-state index in [-0.39, 0.29) is 6.61 Å². The quantitative estimate of drug-likeness (QED) is 0.0370. The maximum atomic E-state index is 12.4. The lowest BCUT2D eigenvalue weighted by atomic mass is 10.0. The molecule has 0 aromatic heterocycles. The predicted molar refractivity (Wildman–Crippen MR) is 231 cm³/mol. The summed E-state index contributed by atoms with van der Waals surface area (Å²) in [5.41, 5.74) is 0. The molecule has 0 heterocycles. The van der Waals surface area contributed by atoms with Crippen LogP contribution in [0.1, 0.15) is 239 Å². The fraction of sp³-hybridized carbons (Fsp3) is 0.854. The van der Waals surface area contributed by atoms with E-state index in [0.29, 0.717) is 6.42 Å². The number of carbonyl (C=O) groups is 1. The van der Waals surface area contributed by atoms with E-state index in [1.807, 2.05) is 6.08 Å². The third-order valence-corrected chi connectivity index (χ3v) is 10.7. The van der Waals surface area contributed by atoms with Gasteiger partial charge in [0.15, 0.2) is 0 Å². The minimum atomic E-state index is -1.10. The molecule has 0 aromatic carbocycles. The van der Waals surface area contributed by atoms with Crippen LogP contribution in [-0.2, 0) is 4.79 Å². The maximum absolute atomic E-state index is 12.4. The third kappa shape index (κ3) is 38.6.